The summed E-state index contributed by atoms with van der Waals surface area (Å²) in [5.41, 5.74) is 9.06. The summed E-state index contributed by atoms with van der Waals surface area (Å²) in [7, 11) is 0. The molecule has 1 aliphatic rings. The molecule has 0 radical (unpaired) electrons. The standard InChI is InChI=1S/C12H11Br2NS2/c13-10-5-7(12(14)17-10)11(15)9-4-6-2-1-3-8(6)16-9/h4-5,11H,1-3,15H2. The molecule has 0 aliphatic heterocycles. The number of hydrogen-bond donors (Lipinski definition) is 1. The van der Waals surface area contributed by atoms with Gasteiger partial charge in [-0.2, -0.15) is 0 Å². The lowest BCUT2D eigenvalue weighted by atomic mass is 10.1. The summed E-state index contributed by atoms with van der Waals surface area (Å²) in [6.07, 6.45) is 3.78. The van der Waals surface area contributed by atoms with E-state index in [9.17, 15) is 0 Å². The first-order chi connectivity index (χ1) is 8.15. The molecular weight excluding hydrogens is 382 g/mol. The van der Waals surface area contributed by atoms with Crippen LogP contribution in [0.15, 0.2) is 19.7 Å². The molecule has 17 heavy (non-hydrogen) atoms. The zero-order chi connectivity index (χ0) is 12.0. The lowest BCUT2D eigenvalue weighted by Gasteiger charge is -2.08. The van der Waals surface area contributed by atoms with E-state index in [-0.39, 0.29) is 6.04 Å². The van der Waals surface area contributed by atoms with Gasteiger partial charge in [-0.15, -0.1) is 22.7 Å². The Balaban J connectivity index is 1.95. The van der Waals surface area contributed by atoms with Crippen LogP contribution in [0.1, 0.15) is 33.3 Å². The minimum absolute atomic E-state index is 0.00234. The van der Waals surface area contributed by atoms with Gasteiger partial charge in [-0.1, -0.05) is 0 Å². The minimum Gasteiger partial charge on any atom is -0.320 e. The van der Waals surface area contributed by atoms with Crippen molar-refractivity contribution in [2.75, 3.05) is 0 Å². The summed E-state index contributed by atoms with van der Waals surface area (Å²) in [4.78, 5) is 2.83. The Hall–Kier alpha value is 0.320. The average Bonchev–Trinajstić information content (AvgIpc) is 2.90. The molecule has 0 spiro atoms. The Morgan fingerprint density at radius 2 is 2.00 bits per heavy atom. The van der Waals surface area contributed by atoms with Crippen molar-refractivity contribution in [1.82, 2.24) is 0 Å². The minimum atomic E-state index is 0.00234. The third-order valence-corrected chi connectivity index (χ3v) is 6.80. The highest BCUT2D eigenvalue weighted by Gasteiger charge is 2.21. The predicted molar refractivity (Wildman–Crippen MR) is 82.1 cm³/mol. The Morgan fingerprint density at radius 3 is 2.65 bits per heavy atom. The van der Waals surface area contributed by atoms with Crippen molar-refractivity contribution >= 4 is 54.5 Å². The SMILES string of the molecule is NC(c1cc2c(s1)CCC2)c1cc(Br)sc1Br. The van der Waals surface area contributed by atoms with Gasteiger partial charge >= 0.3 is 0 Å². The lowest BCUT2D eigenvalue weighted by Crippen LogP contribution is -2.09. The second-order valence-corrected chi connectivity index (χ2v) is 9.13. The fourth-order valence-corrected chi connectivity index (χ4v) is 6.43. The highest BCUT2D eigenvalue weighted by molar-refractivity contribution is 9.12. The molecule has 5 heteroatoms. The first-order valence-corrected chi connectivity index (χ1v) is 8.69. The zero-order valence-corrected chi connectivity index (χ0v) is 13.8. The maximum atomic E-state index is 6.36. The normalized spacial score (nSPS) is 16.2. The number of halogens is 2. The molecule has 3 rings (SSSR count). The number of rotatable bonds is 2. The van der Waals surface area contributed by atoms with Gasteiger partial charge in [-0.3, -0.25) is 0 Å². The fourth-order valence-electron chi connectivity index (χ4n) is 2.22. The van der Waals surface area contributed by atoms with Crippen LogP contribution in [0.3, 0.4) is 0 Å². The number of thiophene rings is 2. The van der Waals surface area contributed by atoms with Crippen LogP contribution in [0.2, 0.25) is 0 Å². The van der Waals surface area contributed by atoms with Crippen LogP contribution in [-0.2, 0) is 12.8 Å². The van der Waals surface area contributed by atoms with E-state index in [0.29, 0.717) is 0 Å². The van der Waals surface area contributed by atoms with Gasteiger partial charge < -0.3 is 5.73 Å². The molecule has 1 nitrogen and oxygen atoms in total. The van der Waals surface area contributed by atoms with Crippen LogP contribution >= 0.6 is 54.5 Å². The summed E-state index contributed by atoms with van der Waals surface area (Å²) < 4.78 is 2.25. The van der Waals surface area contributed by atoms with Gasteiger partial charge in [-0.25, -0.2) is 0 Å². The van der Waals surface area contributed by atoms with E-state index in [4.69, 9.17) is 5.73 Å². The quantitative estimate of drug-likeness (QED) is 0.774. The fraction of sp³-hybridized carbons (Fsp3) is 0.333. The van der Waals surface area contributed by atoms with Crippen molar-refractivity contribution in [2.45, 2.75) is 25.3 Å². The van der Waals surface area contributed by atoms with Crippen LogP contribution in [-0.4, -0.2) is 0 Å². The maximum Gasteiger partial charge on any atom is 0.0761 e. The Labute approximate surface area is 125 Å². The smallest absolute Gasteiger partial charge is 0.0761 e. The van der Waals surface area contributed by atoms with E-state index < -0.39 is 0 Å². The monoisotopic (exact) mass is 391 g/mol. The largest absolute Gasteiger partial charge is 0.320 e. The molecule has 0 amide bonds. The molecule has 1 aliphatic carbocycles. The summed E-state index contributed by atoms with van der Waals surface area (Å²) >= 11 is 10.7. The number of aryl methyl sites for hydroxylation is 2. The first kappa shape index (κ1) is 12.4. The molecule has 0 saturated carbocycles. The number of nitrogens with two attached hydrogens (primary N) is 1. The summed E-state index contributed by atoms with van der Waals surface area (Å²) in [6, 6.07) is 4.42. The molecule has 1 unspecified atom stereocenters. The van der Waals surface area contributed by atoms with Crippen LogP contribution in [0.25, 0.3) is 0 Å². The van der Waals surface area contributed by atoms with Gasteiger partial charge in [0, 0.05) is 15.3 Å². The van der Waals surface area contributed by atoms with Crippen molar-refractivity contribution in [3.05, 3.63) is 40.6 Å². The maximum absolute atomic E-state index is 6.36. The predicted octanol–water partition coefficient (Wildman–Crippen LogP) is 4.87. The summed E-state index contributed by atoms with van der Waals surface area (Å²) in [5.74, 6) is 0. The summed E-state index contributed by atoms with van der Waals surface area (Å²) in [6.45, 7) is 0. The van der Waals surface area contributed by atoms with Crippen LogP contribution < -0.4 is 5.73 Å². The van der Waals surface area contributed by atoms with Crippen molar-refractivity contribution in [1.29, 1.82) is 0 Å². The average molecular weight is 393 g/mol. The molecular formula is C12H11Br2NS2. The van der Waals surface area contributed by atoms with E-state index in [2.05, 4.69) is 44.0 Å². The van der Waals surface area contributed by atoms with E-state index in [1.165, 1.54) is 35.3 Å². The second kappa shape index (κ2) is 4.78. The molecule has 0 saturated heterocycles. The Kier molecular flexibility index (Phi) is 3.47. The van der Waals surface area contributed by atoms with Crippen molar-refractivity contribution in [2.24, 2.45) is 5.73 Å². The highest BCUT2D eigenvalue weighted by atomic mass is 79.9. The van der Waals surface area contributed by atoms with Gasteiger partial charge in [0.2, 0.25) is 0 Å². The van der Waals surface area contributed by atoms with E-state index >= 15 is 0 Å². The number of fused-ring (bicyclic) bond motifs is 1. The van der Waals surface area contributed by atoms with Gasteiger partial charge in [0.05, 0.1) is 13.6 Å². The van der Waals surface area contributed by atoms with Gasteiger partial charge in [-0.05, 0) is 68.8 Å². The van der Waals surface area contributed by atoms with Crippen molar-refractivity contribution < 1.29 is 0 Å². The third-order valence-electron chi connectivity index (χ3n) is 3.09. The summed E-state index contributed by atoms with van der Waals surface area (Å²) in [5, 5.41) is 0. The molecule has 1 atom stereocenters. The molecule has 2 heterocycles. The number of hydrogen-bond acceptors (Lipinski definition) is 3. The molecule has 0 bridgehead atoms. The molecule has 2 aromatic heterocycles. The second-order valence-electron chi connectivity index (χ2n) is 4.21. The van der Waals surface area contributed by atoms with E-state index in [1.54, 1.807) is 16.2 Å². The van der Waals surface area contributed by atoms with Crippen LogP contribution in [0.5, 0.6) is 0 Å². The first-order valence-electron chi connectivity index (χ1n) is 5.47. The third kappa shape index (κ3) is 2.28. The zero-order valence-electron chi connectivity index (χ0n) is 9.00. The molecule has 0 fully saturated rings. The molecule has 90 valence electrons. The molecule has 2 N–H and O–H groups in total. The highest BCUT2D eigenvalue weighted by Crippen LogP contribution is 2.40. The van der Waals surface area contributed by atoms with Gasteiger partial charge in [0.15, 0.2) is 0 Å². The molecule has 0 aromatic carbocycles. The Morgan fingerprint density at radius 1 is 1.18 bits per heavy atom. The van der Waals surface area contributed by atoms with Crippen LogP contribution in [0, 0.1) is 0 Å². The van der Waals surface area contributed by atoms with Gasteiger partial charge in [0.25, 0.3) is 0 Å². The van der Waals surface area contributed by atoms with E-state index in [1.807, 2.05) is 11.3 Å². The topological polar surface area (TPSA) is 26.0 Å². The lowest BCUT2D eigenvalue weighted by molar-refractivity contribution is 0.882. The van der Waals surface area contributed by atoms with Crippen molar-refractivity contribution in [3.63, 3.8) is 0 Å². The van der Waals surface area contributed by atoms with E-state index in [0.717, 1.165) is 7.57 Å². The van der Waals surface area contributed by atoms with Gasteiger partial charge in [0.1, 0.15) is 0 Å². The Bertz CT molecular complexity index is 537. The van der Waals surface area contributed by atoms with Crippen LogP contribution in [0.4, 0.5) is 0 Å². The van der Waals surface area contributed by atoms with Crippen molar-refractivity contribution in [3.8, 4) is 0 Å². The molecule has 2 aromatic rings.